The number of nitrogens with one attached hydrogen (secondary N) is 2. The van der Waals surface area contributed by atoms with Gasteiger partial charge in [-0.2, -0.15) is 9.83 Å². The van der Waals surface area contributed by atoms with Crippen molar-refractivity contribution in [2.24, 2.45) is 0 Å². The van der Waals surface area contributed by atoms with Gasteiger partial charge in [-0.15, -0.1) is 14.9 Å². The van der Waals surface area contributed by atoms with Crippen molar-refractivity contribution in [2.75, 3.05) is 39.3 Å². The lowest BCUT2D eigenvalue weighted by atomic mass is 10.0. The maximum Gasteiger partial charge on any atom is 0.217 e. The molecule has 3 unspecified atom stereocenters. The predicted octanol–water partition coefficient (Wildman–Crippen LogP) is 7.38. The number of hydrogen-bond acceptors (Lipinski definition) is 12. The van der Waals surface area contributed by atoms with Gasteiger partial charge in [-0.3, -0.25) is 9.47 Å². The van der Waals surface area contributed by atoms with Crippen LogP contribution in [0.5, 0.6) is 0 Å². The first-order chi connectivity index (χ1) is 31.0. The summed E-state index contributed by atoms with van der Waals surface area (Å²) in [5.41, 5.74) is 4.18. The molecule has 2 N–H and O–H groups in total. The largest absolute Gasteiger partial charge is 0.406 e. The van der Waals surface area contributed by atoms with E-state index in [2.05, 4.69) is 45.8 Å². The highest BCUT2D eigenvalue weighted by Gasteiger charge is 2.23. The molecule has 2 aliphatic rings. The molecule has 64 heavy (non-hydrogen) atoms. The molecular formula is C42H40Cl4F2N14O2. The van der Waals surface area contributed by atoms with E-state index in [1.165, 1.54) is 35.3 Å². The second-order valence-corrected chi connectivity index (χ2v) is 16.8. The predicted molar refractivity (Wildman–Crippen MR) is 238 cm³/mol. The van der Waals surface area contributed by atoms with Gasteiger partial charge in [-0.1, -0.05) is 46.4 Å². The zero-order chi connectivity index (χ0) is 44.5. The van der Waals surface area contributed by atoms with Crippen molar-refractivity contribution in [1.29, 1.82) is 0 Å². The molecule has 6 aromatic heterocycles. The monoisotopic (exact) mass is 950 g/mol. The Balaban J connectivity index is 0.000000162. The normalized spacial score (nSPS) is 16.5. The average Bonchev–Trinajstić information content (AvgIpc) is 4.16. The van der Waals surface area contributed by atoms with E-state index in [0.717, 1.165) is 73.9 Å². The van der Waals surface area contributed by atoms with Gasteiger partial charge < -0.3 is 20.3 Å². The number of nitrogens with zero attached hydrogens (tertiary/aromatic N) is 12. The van der Waals surface area contributed by atoms with Gasteiger partial charge >= 0.3 is 0 Å². The highest BCUT2D eigenvalue weighted by atomic mass is 35.5. The van der Waals surface area contributed by atoms with Crippen LogP contribution in [0.1, 0.15) is 60.9 Å². The molecule has 0 radical (unpaired) electrons. The lowest BCUT2D eigenvalue weighted by molar-refractivity contribution is 0.0540. The summed E-state index contributed by atoms with van der Waals surface area (Å²) in [5, 5.41) is 20.0. The van der Waals surface area contributed by atoms with E-state index < -0.39 is 23.8 Å². The van der Waals surface area contributed by atoms with Crippen LogP contribution in [0.15, 0.2) is 79.9 Å². The number of rotatable bonds is 11. The maximum atomic E-state index is 13.9. The standard InChI is InChI=1S/C22H22Cl2FN7O.C20H18Cl2FN7O/c1-14(21-15(23)2-3-16(25)22(21)24)33-32-9-6-17-18(32)4-5-19(28-17)31-13-27-29-20(31)12-30-10-7-26-8-11-30;1-11(17-14(21)2-3-15(23)18(17)22)31-30-10-26-19-20(30)28-16(8-25-19)29-9-13(7-27-29)12-4-5-24-6-12/h2-6,9,13-14,26H,7-8,10-12H2,1H3;2-3,7-12,24H,4-6H2,1H3. The van der Waals surface area contributed by atoms with Gasteiger partial charge in [0, 0.05) is 72.2 Å². The molecule has 8 heterocycles. The third-order valence-electron chi connectivity index (χ3n) is 11.0. The third kappa shape index (κ3) is 9.08. The fourth-order valence-electron chi connectivity index (χ4n) is 7.68. The number of fused-ring (bicyclic) bond motifs is 2. The van der Waals surface area contributed by atoms with Gasteiger partial charge in [0.2, 0.25) is 11.3 Å². The Labute approximate surface area is 385 Å². The Bertz CT molecular complexity index is 2930. The summed E-state index contributed by atoms with van der Waals surface area (Å²) in [6.07, 6.45) is 10.1. The fourth-order valence-corrected chi connectivity index (χ4v) is 9.03. The molecule has 332 valence electrons. The van der Waals surface area contributed by atoms with Crippen molar-refractivity contribution in [2.45, 2.75) is 44.9 Å². The molecule has 0 amide bonds. The molecule has 2 fully saturated rings. The minimum atomic E-state index is -0.662. The van der Waals surface area contributed by atoms with E-state index in [1.807, 2.05) is 35.2 Å². The van der Waals surface area contributed by atoms with Crippen LogP contribution in [-0.4, -0.2) is 98.1 Å². The molecule has 0 bridgehead atoms. The molecule has 10 rings (SSSR count). The summed E-state index contributed by atoms with van der Waals surface area (Å²) in [6, 6.07) is 11.0. The Morgan fingerprint density at radius 3 is 2.20 bits per heavy atom. The second-order valence-electron chi connectivity index (χ2n) is 15.2. The number of pyridine rings is 1. The quantitative estimate of drug-likeness (QED) is 0.124. The van der Waals surface area contributed by atoms with Crippen molar-refractivity contribution < 1.29 is 18.5 Å². The SMILES string of the molecule is CC(On1ccc2nc(-n3cnnc3CN3CCNCC3)ccc21)c1c(Cl)ccc(F)c1Cl.CC(On1cnc2ncc(-n3cc(C4CCNC4)cn3)nc21)c1c(Cl)ccc(F)c1Cl. The molecule has 8 aromatic rings. The number of aromatic nitrogens is 11. The lowest BCUT2D eigenvalue weighted by Gasteiger charge is -2.26. The van der Waals surface area contributed by atoms with E-state index >= 15 is 0 Å². The van der Waals surface area contributed by atoms with Gasteiger partial charge in [0.25, 0.3) is 0 Å². The first-order valence-electron chi connectivity index (χ1n) is 20.4. The summed E-state index contributed by atoms with van der Waals surface area (Å²) in [5.74, 6) is 1.43. The topological polar surface area (TPSA) is 156 Å². The minimum Gasteiger partial charge on any atom is -0.406 e. The van der Waals surface area contributed by atoms with E-state index in [-0.39, 0.29) is 10.0 Å². The number of piperazine rings is 1. The second kappa shape index (κ2) is 18.9. The summed E-state index contributed by atoms with van der Waals surface area (Å²) in [4.78, 5) is 32.2. The highest BCUT2D eigenvalue weighted by molar-refractivity contribution is 6.36. The van der Waals surface area contributed by atoms with E-state index in [9.17, 15) is 8.78 Å². The van der Waals surface area contributed by atoms with Gasteiger partial charge in [0.05, 0.1) is 34.5 Å². The molecule has 2 saturated heterocycles. The Kier molecular flexibility index (Phi) is 12.9. The number of halogens is 6. The Hall–Kier alpha value is -5.47. The zero-order valence-electron chi connectivity index (χ0n) is 34.3. The Morgan fingerprint density at radius 1 is 0.781 bits per heavy atom. The summed E-state index contributed by atoms with van der Waals surface area (Å²) < 4.78 is 34.4. The van der Waals surface area contributed by atoms with Crippen molar-refractivity contribution >= 4 is 68.7 Å². The fraction of sp³-hybridized carbons (Fsp3) is 0.310. The number of imidazole rings is 1. The van der Waals surface area contributed by atoms with Gasteiger partial charge in [-0.05, 0) is 74.8 Å². The van der Waals surface area contributed by atoms with Crippen molar-refractivity contribution in [1.82, 2.24) is 69.5 Å². The van der Waals surface area contributed by atoms with Crippen molar-refractivity contribution in [3.05, 3.63) is 134 Å². The Morgan fingerprint density at radius 2 is 1.50 bits per heavy atom. The van der Waals surface area contributed by atoms with Crippen molar-refractivity contribution in [3.8, 4) is 11.6 Å². The van der Waals surface area contributed by atoms with Crippen LogP contribution in [0, 0.1) is 11.6 Å². The molecule has 16 nitrogen and oxygen atoms in total. The molecule has 2 aromatic carbocycles. The zero-order valence-corrected chi connectivity index (χ0v) is 37.4. The van der Waals surface area contributed by atoms with E-state index in [4.69, 9.17) is 61.1 Å². The maximum absolute atomic E-state index is 13.9. The van der Waals surface area contributed by atoms with Crippen LogP contribution in [0.25, 0.3) is 34.0 Å². The molecule has 0 aliphatic carbocycles. The van der Waals surface area contributed by atoms with Gasteiger partial charge in [0.15, 0.2) is 23.9 Å². The van der Waals surface area contributed by atoms with Crippen LogP contribution >= 0.6 is 46.4 Å². The smallest absolute Gasteiger partial charge is 0.217 e. The lowest BCUT2D eigenvalue weighted by Crippen LogP contribution is -2.43. The van der Waals surface area contributed by atoms with Crippen LogP contribution in [0.3, 0.4) is 0 Å². The molecule has 3 atom stereocenters. The van der Waals surface area contributed by atoms with Crippen LogP contribution in [0.2, 0.25) is 20.1 Å². The minimum absolute atomic E-state index is 0.0449. The van der Waals surface area contributed by atoms with Crippen molar-refractivity contribution in [3.63, 3.8) is 0 Å². The number of benzene rings is 2. The van der Waals surface area contributed by atoms with Crippen LogP contribution < -0.4 is 20.3 Å². The molecule has 22 heteroatoms. The highest BCUT2D eigenvalue weighted by Crippen LogP contribution is 2.35. The van der Waals surface area contributed by atoms with E-state index in [1.54, 1.807) is 42.0 Å². The summed E-state index contributed by atoms with van der Waals surface area (Å²) in [7, 11) is 0. The van der Waals surface area contributed by atoms with E-state index in [0.29, 0.717) is 50.7 Å². The molecular weight excluding hydrogens is 912 g/mol. The van der Waals surface area contributed by atoms with Gasteiger partial charge in [-0.25, -0.2) is 33.4 Å². The molecule has 2 aliphatic heterocycles. The molecule has 0 saturated carbocycles. The average molecular weight is 953 g/mol. The summed E-state index contributed by atoms with van der Waals surface area (Å²) in [6.45, 7) is 10.0. The molecule has 0 spiro atoms. The summed E-state index contributed by atoms with van der Waals surface area (Å²) >= 11 is 24.7. The van der Waals surface area contributed by atoms with Gasteiger partial charge in [0.1, 0.15) is 35.6 Å². The van der Waals surface area contributed by atoms with Crippen LogP contribution in [-0.2, 0) is 6.54 Å². The van der Waals surface area contributed by atoms with Crippen LogP contribution in [0.4, 0.5) is 8.78 Å². The third-order valence-corrected chi connectivity index (χ3v) is 12.5. The number of hydrogen-bond donors (Lipinski definition) is 2. The first kappa shape index (κ1) is 43.8. The first-order valence-corrected chi connectivity index (χ1v) is 21.9.